The van der Waals surface area contributed by atoms with Gasteiger partial charge in [-0.15, -0.1) is 0 Å². The maximum absolute atomic E-state index is 11.0. The Labute approximate surface area is 142 Å². The molecule has 0 radical (unpaired) electrons. The predicted octanol–water partition coefficient (Wildman–Crippen LogP) is 3.58. The minimum Gasteiger partial charge on any atom is -1.00 e. The number of para-hydroxylation sites is 1. The van der Waals surface area contributed by atoms with E-state index < -0.39 is 5.97 Å². The molecule has 1 unspecified atom stereocenters. The number of carboxylic acid groups (broad SMARTS) is 1. The van der Waals surface area contributed by atoms with Crippen LogP contribution in [-0.4, -0.2) is 54.9 Å². The van der Waals surface area contributed by atoms with Crippen LogP contribution in [0.15, 0.2) is 24.3 Å². The second-order valence-electron chi connectivity index (χ2n) is 4.09. The van der Waals surface area contributed by atoms with Gasteiger partial charge < -0.3 is 12.7 Å². The fourth-order valence-corrected chi connectivity index (χ4v) is 1.70. The van der Waals surface area contributed by atoms with Crippen molar-refractivity contribution in [3.8, 4) is 5.75 Å². The Morgan fingerprint density at radius 1 is 1.39 bits per heavy atom. The summed E-state index contributed by atoms with van der Waals surface area (Å²) in [6, 6.07) is 6.81. The molecule has 0 bridgehead atoms. The summed E-state index contributed by atoms with van der Waals surface area (Å²) in [6.45, 7) is 4.20. The van der Waals surface area contributed by atoms with Crippen LogP contribution >= 0.6 is 0 Å². The molecule has 1 rings (SSSR count). The van der Waals surface area contributed by atoms with E-state index >= 15 is 0 Å². The van der Waals surface area contributed by atoms with Gasteiger partial charge in [0.15, 0.2) is 0 Å². The number of benzene rings is 1. The Kier molecular flexibility index (Phi) is 9.52. The molecule has 0 aliphatic rings. The first-order valence-electron chi connectivity index (χ1n) is 6.18. The van der Waals surface area contributed by atoms with Crippen LogP contribution in [-0.2, 0) is 0 Å². The maximum Gasteiger partial charge on any atom is 2.00 e. The third kappa shape index (κ3) is 5.59. The van der Waals surface area contributed by atoms with E-state index in [9.17, 15) is 4.79 Å². The molecule has 0 aliphatic heterocycles. The number of carboxylic acids is 1. The quantitative estimate of drug-likeness (QED) is 0.775. The van der Waals surface area contributed by atoms with Crippen LogP contribution in [0.5, 0.6) is 5.75 Å². The van der Waals surface area contributed by atoms with Crippen molar-refractivity contribution in [2.45, 2.75) is 45.6 Å². The molecule has 3 nitrogen and oxygen atoms in total. The molecule has 1 aromatic rings. The summed E-state index contributed by atoms with van der Waals surface area (Å²) < 4.78 is 5.78. The van der Waals surface area contributed by atoms with E-state index in [-0.39, 0.29) is 52.3 Å². The van der Waals surface area contributed by atoms with Crippen molar-refractivity contribution in [2.24, 2.45) is 0 Å². The summed E-state index contributed by atoms with van der Waals surface area (Å²) in [5.74, 6) is -0.464. The second kappa shape index (κ2) is 9.65. The minimum absolute atomic E-state index is 0. The average molecular weight is 278 g/mol. The Morgan fingerprint density at radius 2 is 2.06 bits per heavy atom. The maximum atomic E-state index is 11.0. The smallest absolute Gasteiger partial charge is 1.00 e. The fourth-order valence-electron chi connectivity index (χ4n) is 1.70. The Bertz CT molecular complexity index is 375. The van der Waals surface area contributed by atoms with Gasteiger partial charge >= 0.3 is 43.7 Å². The number of carbonyl (C=O) groups is 1. The van der Waals surface area contributed by atoms with Crippen LogP contribution < -0.4 is 4.74 Å². The summed E-state index contributed by atoms with van der Waals surface area (Å²) in [4.78, 5) is 11.0. The zero-order chi connectivity index (χ0) is 12.7. The van der Waals surface area contributed by atoms with Crippen molar-refractivity contribution in [1.29, 1.82) is 0 Å². The Hall–Kier alpha value is -0.250. The van der Waals surface area contributed by atoms with Crippen LogP contribution in [0.25, 0.3) is 0 Å². The molecule has 0 spiro atoms. The standard InChI is InChI=1S/C14H20O3.Ca.2H/c1-3-5-8-11(4-2)17-13-10-7-6-9-12(13)14(15)16;;;/h6-7,9-11H,3-5,8H2,1-2H3,(H,15,16);;;/q;+2;2*-1. The molecule has 0 saturated heterocycles. The summed E-state index contributed by atoms with van der Waals surface area (Å²) in [5, 5.41) is 9.05. The van der Waals surface area contributed by atoms with Crippen LogP contribution in [0.4, 0.5) is 0 Å². The zero-order valence-electron chi connectivity index (χ0n) is 13.2. The van der Waals surface area contributed by atoms with Crippen molar-refractivity contribution in [3.63, 3.8) is 0 Å². The molecular formula is C14H22CaO3. The predicted molar refractivity (Wildman–Crippen MR) is 75.6 cm³/mol. The van der Waals surface area contributed by atoms with Crippen molar-refractivity contribution < 1.29 is 17.5 Å². The van der Waals surface area contributed by atoms with E-state index in [1.54, 1.807) is 24.3 Å². The second-order valence-corrected chi connectivity index (χ2v) is 4.09. The van der Waals surface area contributed by atoms with Gasteiger partial charge in [-0.05, 0) is 25.0 Å². The molecule has 0 aliphatic carbocycles. The number of ether oxygens (including phenoxy) is 1. The molecule has 1 aromatic carbocycles. The molecule has 1 atom stereocenters. The Morgan fingerprint density at radius 3 is 2.61 bits per heavy atom. The van der Waals surface area contributed by atoms with E-state index in [4.69, 9.17) is 9.84 Å². The van der Waals surface area contributed by atoms with Crippen molar-refractivity contribution in [3.05, 3.63) is 29.8 Å². The van der Waals surface area contributed by atoms with E-state index in [1.807, 2.05) is 0 Å². The summed E-state index contributed by atoms with van der Waals surface area (Å²) >= 11 is 0. The van der Waals surface area contributed by atoms with Crippen LogP contribution in [0.3, 0.4) is 0 Å². The van der Waals surface area contributed by atoms with Gasteiger partial charge in [0.05, 0.1) is 6.10 Å². The minimum atomic E-state index is -0.939. The average Bonchev–Trinajstić information content (AvgIpc) is 2.34. The van der Waals surface area contributed by atoms with Crippen LogP contribution in [0, 0.1) is 0 Å². The topological polar surface area (TPSA) is 46.5 Å². The van der Waals surface area contributed by atoms with Crippen molar-refractivity contribution in [1.82, 2.24) is 0 Å². The summed E-state index contributed by atoms with van der Waals surface area (Å²) in [6.07, 6.45) is 4.21. The largest absolute Gasteiger partial charge is 2.00 e. The van der Waals surface area contributed by atoms with E-state index in [2.05, 4.69) is 13.8 Å². The molecule has 0 amide bonds. The first kappa shape index (κ1) is 17.7. The molecule has 0 saturated carbocycles. The molecule has 98 valence electrons. The number of unbranched alkanes of at least 4 members (excludes halogenated alkanes) is 1. The van der Waals surface area contributed by atoms with E-state index in [1.165, 1.54) is 0 Å². The molecule has 0 heterocycles. The van der Waals surface area contributed by atoms with Gasteiger partial charge in [0.1, 0.15) is 11.3 Å². The monoisotopic (exact) mass is 278 g/mol. The SMILES string of the molecule is CCCCC(CC)Oc1ccccc1C(=O)O.[Ca+2].[H-].[H-]. The normalized spacial score (nSPS) is 11.4. The molecule has 0 aromatic heterocycles. The molecule has 18 heavy (non-hydrogen) atoms. The third-order valence-corrected chi connectivity index (χ3v) is 2.75. The molecular weight excluding hydrogens is 256 g/mol. The zero-order valence-corrected chi connectivity index (χ0v) is 13.4. The van der Waals surface area contributed by atoms with E-state index in [0.717, 1.165) is 25.7 Å². The first-order chi connectivity index (χ1) is 8.19. The first-order valence-corrected chi connectivity index (χ1v) is 6.18. The third-order valence-electron chi connectivity index (χ3n) is 2.75. The molecule has 1 N–H and O–H groups in total. The van der Waals surface area contributed by atoms with Crippen LogP contribution in [0.1, 0.15) is 52.7 Å². The molecule has 0 fully saturated rings. The van der Waals surface area contributed by atoms with Gasteiger partial charge in [0.25, 0.3) is 0 Å². The summed E-state index contributed by atoms with van der Waals surface area (Å²) in [7, 11) is 0. The van der Waals surface area contributed by atoms with Crippen molar-refractivity contribution in [2.75, 3.05) is 0 Å². The number of aromatic carboxylic acids is 1. The number of rotatable bonds is 7. The number of hydrogen-bond donors (Lipinski definition) is 1. The summed E-state index contributed by atoms with van der Waals surface area (Å²) in [5.41, 5.74) is 0.238. The fraction of sp³-hybridized carbons (Fsp3) is 0.500. The molecule has 4 heteroatoms. The van der Waals surface area contributed by atoms with Gasteiger partial charge in [-0.25, -0.2) is 4.79 Å². The van der Waals surface area contributed by atoms with Gasteiger partial charge in [-0.2, -0.15) is 0 Å². The van der Waals surface area contributed by atoms with Crippen LogP contribution in [0.2, 0.25) is 0 Å². The van der Waals surface area contributed by atoms with E-state index in [0.29, 0.717) is 5.75 Å². The van der Waals surface area contributed by atoms with Gasteiger partial charge in [0.2, 0.25) is 0 Å². The number of hydrogen-bond acceptors (Lipinski definition) is 2. The van der Waals surface area contributed by atoms with Crippen molar-refractivity contribution >= 4 is 43.7 Å². The van der Waals surface area contributed by atoms with Gasteiger partial charge in [0, 0.05) is 0 Å². The van der Waals surface area contributed by atoms with Gasteiger partial charge in [-0.3, -0.25) is 0 Å². The Balaban J connectivity index is -0.000000963. The van der Waals surface area contributed by atoms with Gasteiger partial charge in [-0.1, -0.05) is 38.8 Å².